The Bertz CT molecular complexity index is 1040. The van der Waals surface area contributed by atoms with Gasteiger partial charge in [0, 0.05) is 24.3 Å². The lowest BCUT2D eigenvalue weighted by molar-refractivity contribution is -0.122. The van der Waals surface area contributed by atoms with E-state index >= 15 is 0 Å². The molecule has 0 radical (unpaired) electrons. The lowest BCUT2D eigenvalue weighted by atomic mass is 9.79. The molecule has 162 valence electrons. The molecule has 2 heterocycles. The summed E-state index contributed by atoms with van der Waals surface area (Å²) in [7, 11) is 0. The predicted octanol–water partition coefficient (Wildman–Crippen LogP) is 6.42. The molecule has 0 aliphatic carbocycles. The fourth-order valence-electron chi connectivity index (χ4n) is 4.83. The minimum absolute atomic E-state index is 0.0317. The first-order valence-corrected chi connectivity index (χ1v) is 11.9. The van der Waals surface area contributed by atoms with Crippen LogP contribution in [0.2, 0.25) is 0 Å². The number of hydrogen-bond donors (Lipinski definition) is 0. The zero-order valence-electron chi connectivity index (χ0n) is 19.1. The van der Waals surface area contributed by atoms with E-state index in [0.29, 0.717) is 12.5 Å². The molecule has 5 heteroatoms. The highest BCUT2D eigenvalue weighted by Crippen LogP contribution is 2.44. The van der Waals surface area contributed by atoms with Gasteiger partial charge in [0.1, 0.15) is 0 Å². The number of amidine groups is 1. The normalized spacial score (nSPS) is 23.0. The summed E-state index contributed by atoms with van der Waals surface area (Å²) in [4.78, 5) is 22.7. The lowest BCUT2D eigenvalue weighted by Gasteiger charge is -2.47. The first-order valence-electron chi connectivity index (χ1n) is 11.1. The molecule has 1 saturated heterocycles. The molecule has 1 atom stereocenters. The van der Waals surface area contributed by atoms with E-state index < -0.39 is 0 Å². The van der Waals surface area contributed by atoms with Crippen LogP contribution in [-0.4, -0.2) is 34.6 Å². The van der Waals surface area contributed by atoms with Crippen molar-refractivity contribution in [2.45, 2.75) is 52.5 Å². The summed E-state index contributed by atoms with van der Waals surface area (Å²) >= 11 is 1.46. The molecule has 0 unspecified atom stereocenters. The number of carbonyl (C=O) groups is 1. The van der Waals surface area contributed by atoms with Gasteiger partial charge in [0.15, 0.2) is 5.17 Å². The first-order chi connectivity index (χ1) is 14.8. The Labute approximate surface area is 190 Å². The highest BCUT2D eigenvalue weighted by molar-refractivity contribution is 8.18. The lowest BCUT2D eigenvalue weighted by Crippen LogP contribution is -2.48. The van der Waals surface area contributed by atoms with Crippen LogP contribution in [0.15, 0.2) is 58.4 Å². The average molecular weight is 434 g/mol. The van der Waals surface area contributed by atoms with Crippen LogP contribution in [0.1, 0.15) is 58.1 Å². The van der Waals surface area contributed by atoms with E-state index in [2.05, 4.69) is 50.8 Å². The Balaban J connectivity index is 1.67. The van der Waals surface area contributed by atoms with E-state index in [4.69, 9.17) is 4.99 Å². The summed E-state index contributed by atoms with van der Waals surface area (Å²) in [6.07, 6.45) is 3.14. The summed E-state index contributed by atoms with van der Waals surface area (Å²) in [6, 6.07) is 16.4. The molecule has 31 heavy (non-hydrogen) atoms. The highest BCUT2D eigenvalue weighted by atomic mass is 32.2. The third kappa shape index (κ3) is 4.16. The number of fused-ring (bicyclic) bond motifs is 1. The van der Waals surface area contributed by atoms with Crippen molar-refractivity contribution in [3.63, 3.8) is 0 Å². The second-order valence-electron chi connectivity index (χ2n) is 8.87. The highest BCUT2D eigenvalue weighted by Gasteiger charge is 2.36. The quantitative estimate of drug-likeness (QED) is 0.522. The van der Waals surface area contributed by atoms with Crippen LogP contribution >= 0.6 is 11.8 Å². The van der Waals surface area contributed by atoms with E-state index in [1.807, 2.05) is 43.3 Å². The van der Waals surface area contributed by atoms with Gasteiger partial charge in [0.05, 0.1) is 10.6 Å². The molecular formula is C26H31N3OS. The van der Waals surface area contributed by atoms with Crippen molar-refractivity contribution in [1.29, 1.82) is 0 Å². The van der Waals surface area contributed by atoms with E-state index in [0.717, 1.165) is 34.3 Å². The molecule has 4 nitrogen and oxygen atoms in total. The zero-order valence-corrected chi connectivity index (χ0v) is 19.9. The number of thioether (sulfide) groups is 1. The number of benzene rings is 2. The molecule has 1 fully saturated rings. The van der Waals surface area contributed by atoms with Crippen LogP contribution in [0.5, 0.6) is 0 Å². The Morgan fingerprint density at radius 2 is 1.87 bits per heavy atom. The molecule has 2 aromatic rings. The van der Waals surface area contributed by atoms with Crippen molar-refractivity contribution in [3.8, 4) is 0 Å². The van der Waals surface area contributed by atoms with Crippen LogP contribution < -0.4 is 4.90 Å². The Morgan fingerprint density at radius 1 is 1.13 bits per heavy atom. The number of para-hydroxylation sites is 1. The maximum absolute atomic E-state index is 13.0. The molecule has 0 N–H and O–H groups in total. The molecule has 0 saturated carbocycles. The average Bonchev–Trinajstić information content (AvgIpc) is 3.02. The summed E-state index contributed by atoms with van der Waals surface area (Å²) in [6.45, 7) is 12.8. The van der Waals surface area contributed by atoms with Crippen molar-refractivity contribution in [3.05, 3.63) is 64.6 Å². The zero-order chi connectivity index (χ0) is 22.2. The standard InChI is InChI=1S/C26H31N3OS/c1-6-28-24(30)23(31-25(28)27-20-11-9-8-10-12-20)16-19-13-14-22-21(15-19)18(3)17-26(4,5)29(22)7-2/h8-16,18H,6-7,17H2,1-5H3/b23-16-,27-25?/t18-/m1/s1. The van der Waals surface area contributed by atoms with Gasteiger partial charge in [-0.3, -0.25) is 9.69 Å². The molecule has 0 bridgehead atoms. The van der Waals surface area contributed by atoms with Crippen LogP contribution in [0, 0.1) is 0 Å². The van der Waals surface area contributed by atoms with Gasteiger partial charge in [-0.15, -0.1) is 0 Å². The van der Waals surface area contributed by atoms with Crippen molar-refractivity contribution in [2.24, 2.45) is 4.99 Å². The number of likely N-dealkylation sites (N-methyl/N-ethyl adjacent to an activating group) is 1. The number of aliphatic imine (C=N–C) groups is 1. The summed E-state index contributed by atoms with van der Waals surface area (Å²) in [5.41, 5.74) is 4.79. The molecular weight excluding hydrogens is 402 g/mol. The largest absolute Gasteiger partial charge is 0.366 e. The second kappa shape index (κ2) is 8.54. The van der Waals surface area contributed by atoms with Gasteiger partial charge in [-0.2, -0.15) is 0 Å². The number of rotatable bonds is 4. The van der Waals surface area contributed by atoms with Crippen molar-refractivity contribution >= 4 is 40.3 Å². The number of carbonyl (C=O) groups excluding carboxylic acids is 1. The van der Waals surface area contributed by atoms with E-state index in [1.165, 1.54) is 23.0 Å². The van der Waals surface area contributed by atoms with E-state index in [-0.39, 0.29) is 11.4 Å². The monoisotopic (exact) mass is 433 g/mol. The maximum Gasteiger partial charge on any atom is 0.266 e. The smallest absolute Gasteiger partial charge is 0.266 e. The van der Waals surface area contributed by atoms with E-state index in [1.54, 1.807) is 4.90 Å². The van der Waals surface area contributed by atoms with Gasteiger partial charge in [-0.1, -0.05) is 31.2 Å². The van der Waals surface area contributed by atoms with Crippen molar-refractivity contribution in [2.75, 3.05) is 18.0 Å². The van der Waals surface area contributed by atoms with Crippen molar-refractivity contribution in [1.82, 2.24) is 4.90 Å². The molecule has 2 aliphatic rings. The molecule has 0 spiro atoms. The van der Waals surface area contributed by atoms with Gasteiger partial charge in [-0.05, 0) is 93.3 Å². The Morgan fingerprint density at radius 3 is 2.55 bits per heavy atom. The Kier molecular flexibility index (Phi) is 5.98. The minimum atomic E-state index is 0.0317. The molecule has 0 aromatic heterocycles. The molecule has 2 aromatic carbocycles. The van der Waals surface area contributed by atoms with Crippen LogP contribution in [0.4, 0.5) is 11.4 Å². The Hall–Kier alpha value is -2.53. The van der Waals surface area contributed by atoms with Gasteiger partial charge < -0.3 is 4.90 Å². The minimum Gasteiger partial charge on any atom is -0.366 e. The van der Waals surface area contributed by atoms with E-state index in [9.17, 15) is 4.79 Å². The number of amides is 1. The summed E-state index contributed by atoms with van der Waals surface area (Å²) in [5.74, 6) is 0.518. The van der Waals surface area contributed by atoms with Crippen LogP contribution in [0.3, 0.4) is 0 Å². The predicted molar refractivity (Wildman–Crippen MR) is 133 cm³/mol. The third-order valence-electron chi connectivity index (χ3n) is 6.21. The number of anilines is 1. The van der Waals surface area contributed by atoms with Crippen LogP contribution in [-0.2, 0) is 4.79 Å². The maximum atomic E-state index is 13.0. The molecule has 2 aliphatic heterocycles. The third-order valence-corrected chi connectivity index (χ3v) is 7.22. The molecule has 1 amide bonds. The van der Waals surface area contributed by atoms with Gasteiger partial charge in [-0.25, -0.2) is 4.99 Å². The van der Waals surface area contributed by atoms with Gasteiger partial charge in [0.25, 0.3) is 5.91 Å². The summed E-state index contributed by atoms with van der Waals surface area (Å²) in [5, 5.41) is 0.746. The SMILES string of the molecule is CCN1C(=O)/C(=C/c2ccc3c(c2)[C@H](C)CC(C)(C)N3CC)SC1=Nc1ccccc1. The van der Waals surface area contributed by atoms with Crippen LogP contribution in [0.25, 0.3) is 6.08 Å². The topological polar surface area (TPSA) is 35.9 Å². The van der Waals surface area contributed by atoms with Crippen molar-refractivity contribution < 1.29 is 4.79 Å². The summed E-state index contributed by atoms with van der Waals surface area (Å²) < 4.78 is 0. The fraction of sp³-hybridized carbons (Fsp3) is 0.385. The van der Waals surface area contributed by atoms with Gasteiger partial charge >= 0.3 is 0 Å². The number of hydrogen-bond acceptors (Lipinski definition) is 4. The number of nitrogens with zero attached hydrogens (tertiary/aromatic N) is 3. The van der Waals surface area contributed by atoms with Gasteiger partial charge in [0.2, 0.25) is 0 Å². The fourth-order valence-corrected chi connectivity index (χ4v) is 5.89. The first kappa shape index (κ1) is 21.7. The molecule has 4 rings (SSSR count). The second-order valence-corrected chi connectivity index (χ2v) is 9.88.